The number of nitrogens with one attached hydrogen (secondary N) is 1. The van der Waals surface area contributed by atoms with E-state index >= 15 is 0 Å². The molecule has 0 unspecified atom stereocenters. The van der Waals surface area contributed by atoms with Crippen LogP contribution in [0, 0.1) is 6.92 Å². The number of hydrogen-bond acceptors (Lipinski definition) is 2. The molecule has 0 bridgehead atoms. The van der Waals surface area contributed by atoms with Gasteiger partial charge in [-0.3, -0.25) is 9.59 Å². The SMILES string of the molecule is Cc1cc(C(=O)NC2CCC(=O)CC2)ccc1Cl. The van der Waals surface area contributed by atoms with E-state index in [0.29, 0.717) is 29.2 Å². The van der Waals surface area contributed by atoms with E-state index in [0.717, 1.165) is 18.4 Å². The van der Waals surface area contributed by atoms with Crippen molar-refractivity contribution in [2.24, 2.45) is 0 Å². The maximum Gasteiger partial charge on any atom is 0.251 e. The second-order valence-electron chi connectivity index (χ2n) is 4.75. The van der Waals surface area contributed by atoms with Gasteiger partial charge in [0.05, 0.1) is 0 Å². The number of carbonyl (C=O) groups excluding carboxylic acids is 2. The largest absolute Gasteiger partial charge is 0.349 e. The van der Waals surface area contributed by atoms with Crippen LogP contribution in [0.4, 0.5) is 0 Å². The van der Waals surface area contributed by atoms with Gasteiger partial charge in [0.2, 0.25) is 0 Å². The molecule has 1 aromatic rings. The van der Waals surface area contributed by atoms with Crippen LogP contribution < -0.4 is 5.32 Å². The molecule has 0 heterocycles. The third-order valence-corrected chi connectivity index (χ3v) is 3.72. The molecule has 1 aromatic carbocycles. The fourth-order valence-electron chi connectivity index (χ4n) is 2.14. The summed E-state index contributed by atoms with van der Waals surface area (Å²) >= 11 is 5.92. The molecule has 1 N–H and O–H groups in total. The van der Waals surface area contributed by atoms with Gasteiger partial charge in [-0.1, -0.05) is 11.6 Å². The van der Waals surface area contributed by atoms with Crippen LogP contribution in [0.2, 0.25) is 5.02 Å². The van der Waals surface area contributed by atoms with Gasteiger partial charge in [0.25, 0.3) is 5.91 Å². The highest BCUT2D eigenvalue weighted by Gasteiger charge is 2.20. The molecule has 1 amide bonds. The van der Waals surface area contributed by atoms with Crippen molar-refractivity contribution in [2.75, 3.05) is 0 Å². The number of ketones is 1. The Morgan fingerprint density at radius 2 is 2.00 bits per heavy atom. The second kappa shape index (κ2) is 5.53. The van der Waals surface area contributed by atoms with Crippen molar-refractivity contribution in [1.82, 2.24) is 5.32 Å². The van der Waals surface area contributed by atoms with Gasteiger partial charge in [0, 0.05) is 29.5 Å². The van der Waals surface area contributed by atoms with E-state index < -0.39 is 0 Å². The quantitative estimate of drug-likeness (QED) is 0.894. The van der Waals surface area contributed by atoms with Crippen molar-refractivity contribution < 1.29 is 9.59 Å². The number of benzene rings is 1. The van der Waals surface area contributed by atoms with Gasteiger partial charge in [0.15, 0.2) is 0 Å². The summed E-state index contributed by atoms with van der Waals surface area (Å²) in [5, 5.41) is 3.63. The fourth-order valence-corrected chi connectivity index (χ4v) is 2.26. The Balaban J connectivity index is 1.99. The van der Waals surface area contributed by atoms with Crippen LogP contribution >= 0.6 is 11.6 Å². The zero-order chi connectivity index (χ0) is 13.1. The van der Waals surface area contributed by atoms with Crippen molar-refractivity contribution in [3.05, 3.63) is 34.3 Å². The Morgan fingerprint density at radius 3 is 2.61 bits per heavy atom. The lowest BCUT2D eigenvalue weighted by Crippen LogP contribution is -2.37. The van der Waals surface area contributed by atoms with Crippen LogP contribution in [0.1, 0.15) is 41.6 Å². The molecule has 0 aromatic heterocycles. The highest BCUT2D eigenvalue weighted by Crippen LogP contribution is 2.18. The molecule has 0 saturated heterocycles. The molecule has 1 fully saturated rings. The van der Waals surface area contributed by atoms with Crippen LogP contribution in [0.15, 0.2) is 18.2 Å². The van der Waals surface area contributed by atoms with E-state index in [9.17, 15) is 9.59 Å². The van der Waals surface area contributed by atoms with Gasteiger partial charge in [0.1, 0.15) is 5.78 Å². The van der Waals surface area contributed by atoms with Crippen LogP contribution in [-0.2, 0) is 4.79 Å². The summed E-state index contributed by atoms with van der Waals surface area (Å²) in [4.78, 5) is 23.1. The van der Waals surface area contributed by atoms with Crippen LogP contribution in [-0.4, -0.2) is 17.7 Å². The number of carbonyl (C=O) groups is 2. The highest BCUT2D eigenvalue weighted by molar-refractivity contribution is 6.31. The average molecular weight is 266 g/mol. The summed E-state index contributed by atoms with van der Waals surface area (Å²) in [5.74, 6) is 0.206. The molecular weight excluding hydrogens is 250 g/mol. The van der Waals surface area contributed by atoms with Crippen molar-refractivity contribution in [3.63, 3.8) is 0 Å². The monoisotopic (exact) mass is 265 g/mol. The summed E-state index contributed by atoms with van der Waals surface area (Å²) in [6, 6.07) is 5.35. The predicted molar refractivity (Wildman–Crippen MR) is 70.9 cm³/mol. The molecule has 18 heavy (non-hydrogen) atoms. The number of Topliss-reactive ketones (excluding diaryl/α,β-unsaturated/α-hetero) is 1. The molecule has 1 aliphatic carbocycles. The minimum atomic E-state index is -0.0888. The summed E-state index contributed by atoms with van der Waals surface area (Å²) in [7, 11) is 0. The Bertz CT molecular complexity index is 475. The topological polar surface area (TPSA) is 46.2 Å². The zero-order valence-electron chi connectivity index (χ0n) is 10.3. The third kappa shape index (κ3) is 3.10. The lowest BCUT2D eigenvalue weighted by atomic mass is 9.94. The maximum absolute atomic E-state index is 12.0. The second-order valence-corrected chi connectivity index (χ2v) is 5.16. The van der Waals surface area contributed by atoms with E-state index in [2.05, 4.69) is 5.32 Å². The molecule has 2 rings (SSSR count). The van der Waals surface area contributed by atoms with E-state index in [4.69, 9.17) is 11.6 Å². The predicted octanol–water partition coefficient (Wildman–Crippen LogP) is 2.89. The Hall–Kier alpha value is -1.35. The summed E-state index contributed by atoms with van der Waals surface area (Å²) < 4.78 is 0. The average Bonchev–Trinajstić information content (AvgIpc) is 2.35. The first kappa shape index (κ1) is 13.1. The normalized spacial score (nSPS) is 16.7. The standard InChI is InChI=1S/C14H16ClNO2/c1-9-8-10(2-7-13(9)15)14(18)16-11-3-5-12(17)6-4-11/h2,7-8,11H,3-6H2,1H3,(H,16,18). The van der Waals surface area contributed by atoms with Crippen LogP contribution in [0.5, 0.6) is 0 Å². The summed E-state index contributed by atoms with van der Waals surface area (Å²) in [5.41, 5.74) is 1.51. The van der Waals surface area contributed by atoms with Gasteiger partial charge in [-0.25, -0.2) is 0 Å². The van der Waals surface area contributed by atoms with E-state index in [1.54, 1.807) is 18.2 Å². The van der Waals surface area contributed by atoms with Gasteiger partial charge in [-0.2, -0.15) is 0 Å². The molecule has 0 aliphatic heterocycles. The highest BCUT2D eigenvalue weighted by atomic mass is 35.5. The molecule has 0 spiro atoms. The van der Waals surface area contributed by atoms with Gasteiger partial charge < -0.3 is 5.32 Å². The van der Waals surface area contributed by atoms with Gasteiger partial charge in [-0.15, -0.1) is 0 Å². The molecule has 96 valence electrons. The third-order valence-electron chi connectivity index (χ3n) is 3.30. The number of aryl methyl sites for hydroxylation is 1. The Kier molecular flexibility index (Phi) is 4.02. The van der Waals surface area contributed by atoms with E-state index in [1.807, 2.05) is 6.92 Å². The van der Waals surface area contributed by atoms with Gasteiger partial charge >= 0.3 is 0 Å². The maximum atomic E-state index is 12.0. The lowest BCUT2D eigenvalue weighted by Gasteiger charge is -2.22. The molecule has 4 heteroatoms. The molecule has 3 nitrogen and oxygen atoms in total. The van der Waals surface area contributed by atoms with Crippen LogP contribution in [0.25, 0.3) is 0 Å². The summed E-state index contributed by atoms with van der Waals surface area (Å²) in [6.45, 7) is 1.87. The first-order valence-electron chi connectivity index (χ1n) is 6.15. The first-order chi connectivity index (χ1) is 8.56. The molecule has 1 saturated carbocycles. The molecule has 1 aliphatic rings. The smallest absolute Gasteiger partial charge is 0.251 e. The van der Waals surface area contributed by atoms with Crippen molar-refractivity contribution >= 4 is 23.3 Å². The fraction of sp³-hybridized carbons (Fsp3) is 0.429. The van der Waals surface area contributed by atoms with Crippen molar-refractivity contribution in [2.45, 2.75) is 38.6 Å². The minimum absolute atomic E-state index is 0.0888. The number of amides is 1. The molecule has 0 atom stereocenters. The number of rotatable bonds is 2. The Labute approximate surface area is 112 Å². The lowest BCUT2D eigenvalue weighted by molar-refractivity contribution is -0.120. The molecular formula is C14H16ClNO2. The zero-order valence-corrected chi connectivity index (χ0v) is 11.1. The van der Waals surface area contributed by atoms with Crippen molar-refractivity contribution in [1.29, 1.82) is 0 Å². The summed E-state index contributed by atoms with van der Waals surface area (Å²) in [6.07, 6.45) is 2.64. The number of halogens is 1. The number of hydrogen-bond donors (Lipinski definition) is 1. The first-order valence-corrected chi connectivity index (χ1v) is 6.53. The van der Waals surface area contributed by atoms with Crippen LogP contribution in [0.3, 0.4) is 0 Å². The minimum Gasteiger partial charge on any atom is -0.349 e. The van der Waals surface area contributed by atoms with E-state index in [1.165, 1.54) is 0 Å². The van der Waals surface area contributed by atoms with Gasteiger partial charge in [-0.05, 0) is 43.5 Å². The van der Waals surface area contributed by atoms with Crippen molar-refractivity contribution in [3.8, 4) is 0 Å². The molecule has 0 radical (unpaired) electrons. The Morgan fingerprint density at radius 1 is 1.33 bits per heavy atom. The van der Waals surface area contributed by atoms with E-state index in [-0.39, 0.29) is 11.9 Å².